The van der Waals surface area contributed by atoms with Crippen LogP contribution < -0.4 is 9.47 Å². The number of likely N-dealkylation sites (N-methyl/N-ethyl adjacent to an activating group) is 1. The molecule has 6 heteroatoms. The fourth-order valence-electron chi connectivity index (χ4n) is 6.64. The SMILES string of the molecule is COc1ccc2c3c1OC1C(=O)CC[C@]4(O)[C@@H](N(C)C(=O)C5CC5)C2CC314. The van der Waals surface area contributed by atoms with Gasteiger partial charge in [0.25, 0.3) is 0 Å². The number of methoxy groups -OCH3 is 1. The number of rotatable bonds is 3. The average molecular weight is 369 g/mol. The Morgan fingerprint density at radius 1 is 1.37 bits per heavy atom. The van der Waals surface area contributed by atoms with Crippen LogP contribution in [0.2, 0.25) is 0 Å². The van der Waals surface area contributed by atoms with Crippen molar-refractivity contribution in [3.05, 3.63) is 23.3 Å². The maximum Gasteiger partial charge on any atom is 0.225 e. The zero-order valence-electron chi connectivity index (χ0n) is 15.5. The van der Waals surface area contributed by atoms with E-state index in [1.165, 1.54) is 0 Å². The zero-order valence-corrected chi connectivity index (χ0v) is 15.5. The molecule has 1 amide bonds. The first-order valence-electron chi connectivity index (χ1n) is 9.84. The van der Waals surface area contributed by atoms with E-state index >= 15 is 0 Å². The molecule has 4 aliphatic carbocycles. The summed E-state index contributed by atoms with van der Waals surface area (Å²) in [4.78, 5) is 27.4. The third kappa shape index (κ3) is 1.56. The normalized spacial score (nSPS) is 40.0. The number of aliphatic hydroxyl groups is 1. The second-order valence-electron chi connectivity index (χ2n) is 8.90. The lowest BCUT2D eigenvalue weighted by Gasteiger charge is -2.51. The number of hydrogen-bond acceptors (Lipinski definition) is 5. The van der Waals surface area contributed by atoms with Crippen molar-refractivity contribution in [3.63, 3.8) is 0 Å². The van der Waals surface area contributed by atoms with Crippen LogP contribution in [0.25, 0.3) is 0 Å². The van der Waals surface area contributed by atoms with E-state index in [1.807, 2.05) is 19.2 Å². The Labute approximate surface area is 157 Å². The van der Waals surface area contributed by atoms with E-state index in [0.717, 1.165) is 24.0 Å². The quantitative estimate of drug-likeness (QED) is 0.874. The summed E-state index contributed by atoms with van der Waals surface area (Å²) in [5.41, 5.74) is 0.166. The van der Waals surface area contributed by atoms with Crippen LogP contribution >= 0.6 is 0 Å². The smallest absolute Gasteiger partial charge is 0.225 e. The number of hydrogen-bond donors (Lipinski definition) is 1. The van der Waals surface area contributed by atoms with Gasteiger partial charge in [-0.05, 0) is 37.3 Å². The monoisotopic (exact) mass is 369 g/mol. The van der Waals surface area contributed by atoms with Gasteiger partial charge in [0.15, 0.2) is 23.4 Å². The molecule has 3 saturated carbocycles. The van der Waals surface area contributed by atoms with Crippen molar-refractivity contribution in [2.75, 3.05) is 14.2 Å². The Kier molecular flexibility index (Phi) is 2.75. The molecule has 1 aromatic rings. The van der Waals surface area contributed by atoms with Gasteiger partial charge in [0.1, 0.15) is 0 Å². The Hall–Kier alpha value is -2.08. The van der Waals surface area contributed by atoms with Crippen LogP contribution in [0.5, 0.6) is 11.5 Å². The summed E-state index contributed by atoms with van der Waals surface area (Å²) in [6.45, 7) is 0. The highest BCUT2D eigenvalue weighted by atomic mass is 16.5. The minimum absolute atomic E-state index is 0.0275. The van der Waals surface area contributed by atoms with Gasteiger partial charge in [0.2, 0.25) is 5.91 Å². The van der Waals surface area contributed by atoms with E-state index in [1.54, 1.807) is 12.0 Å². The first-order valence-corrected chi connectivity index (χ1v) is 9.84. The molecule has 27 heavy (non-hydrogen) atoms. The third-order valence-electron chi connectivity index (χ3n) is 7.82. The lowest BCUT2D eigenvalue weighted by Crippen LogP contribution is -2.68. The molecule has 6 rings (SSSR count). The van der Waals surface area contributed by atoms with Crippen LogP contribution in [0.1, 0.15) is 49.1 Å². The van der Waals surface area contributed by atoms with Gasteiger partial charge in [-0.15, -0.1) is 0 Å². The van der Waals surface area contributed by atoms with E-state index in [4.69, 9.17) is 9.47 Å². The summed E-state index contributed by atoms with van der Waals surface area (Å²) < 4.78 is 11.6. The third-order valence-corrected chi connectivity index (χ3v) is 7.82. The molecule has 3 unspecified atom stereocenters. The van der Waals surface area contributed by atoms with Crippen LogP contribution in [0.4, 0.5) is 0 Å². The number of amides is 1. The van der Waals surface area contributed by atoms with Crippen molar-refractivity contribution >= 4 is 11.7 Å². The van der Waals surface area contributed by atoms with Crippen LogP contribution in [0.15, 0.2) is 12.1 Å². The van der Waals surface area contributed by atoms with Crippen molar-refractivity contribution in [2.24, 2.45) is 5.92 Å². The summed E-state index contributed by atoms with van der Waals surface area (Å²) >= 11 is 0. The molecular formula is C21H23NO5. The highest BCUT2D eigenvalue weighted by molar-refractivity contribution is 5.91. The van der Waals surface area contributed by atoms with Gasteiger partial charge in [-0.25, -0.2) is 0 Å². The highest BCUT2D eigenvalue weighted by Crippen LogP contribution is 2.73. The molecule has 2 bridgehead atoms. The van der Waals surface area contributed by atoms with E-state index in [-0.39, 0.29) is 36.0 Å². The van der Waals surface area contributed by atoms with Gasteiger partial charge in [-0.2, -0.15) is 0 Å². The number of ether oxygens (including phenoxy) is 2. The molecule has 1 aliphatic heterocycles. The van der Waals surface area contributed by atoms with E-state index < -0.39 is 17.1 Å². The number of carbonyl (C=O) groups excluding carboxylic acids is 2. The van der Waals surface area contributed by atoms with Crippen molar-refractivity contribution in [1.29, 1.82) is 0 Å². The van der Waals surface area contributed by atoms with Crippen molar-refractivity contribution in [1.82, 2.24) is 4.90 Å². The number of benzene rings is 1. The van der Waals surface area contributed by atoms with Crippen molar-refractivity contribution < 1.29 is 24.2 Å². The van der Waals surface area contributed by atoms with Crippen molar-refractivity contribution in [2.45, 2.75) is 61.2 Å². The second kappa shape index (κ2) is 4.66. The molecular weight excluding hydrogens is 346 g/mol. The van der Waals surface area contributed by atoms with E-state index in [9.17, 15) is 14.7 Å². The number of nitrogens with zero attached hydrogens (tertiary/aromatic N) is 1. The predicted octanol–water partition coefficient (Wildman–Crippen LogP) is 1.53. The van der Waals surface area contributed by atoms with Gasteiger partial charge in [0, 0.05) is 30.9 Å². The van der Waals surface area contributed by atoms with Gasteiger partial charge < -0.3 is 19.5 Å². The summed E-state index contributed by atoms with van der Waals surface area (Å²) in [5, 5.41) is 12.0. The maximum absolute atomic E-state index is 12.9. The fraction of sp³-hybridized carbons (Fsp3) is 0.619. The first-order chi connectivity index (χ1) is 12.9. The van der Waals surface area contributed by atoms with Gasteiger partial charge in [-0.1, -0.05) is 6.07 Å². The Balaban J connectivity index is 1.57. The second-order valence-corrected chi connectivity index (χ2v) is 8.90. The molecule has 0 aromatic heterocycles. The standard InChI is InChI=1S/C21H23NO5/c1-22(19(24)10-3-4-10)17-12-9-20-15-11(12)5-6-14(26-2)16(15)27-18(20)13(23)7-8-21(17,20)25/h5-6,10,12,17-18,25H,3-4,7-9H2,1-2H3/t12?,17-,18?,20?,21-/m0/s1. The van der Waals surface area contributed by atoms with Gasteiger partial charge in [-0.3, -0.25) is 9.59 Å². The molecule has 5 atom stereocenters. The van der Waals surface area contributed by atoms with E-state index in [0.29, 0.717) is 24.3 Å². The minimum Gasteiger partial charge on any atom is -0.493 e. The summed E-state index contributed by atoms with van der Waals surface area (Å²) in [5.74, 6) is 1.52. The lowest BCUT2D eigenvalue weighted by atomic mass is 9.58. The molecule has 0 radical (unpaired) electrons. The number of ketones is 1. The summed E-state index contributed by atoms with van der Waals surface area (Å²) in [6.07, 6.45) is 2.51. The first kappa shape index (κ1) is 15.9. The van der Waals surface area contributed by atoms with Crippen LogP contribution in [-0.2, 0) is 15.0 Å². The fourth-order valence-corrected chi connectivity index (χ4v) is 6.64. The topological polar surface area (TPSA) is 76.1 Å². The molecule has 1 N–H and O–H groups in total. The molecule has 142 valence electrons. The molecule has 5 aliphatic rings. The Morgan fingerprint density at radius 3 is 2.85 bits per heavy atom. The number of Topliss-reactive ketones (excluding diaryl/α,β-unsaturated/α-hetero) is 1. The van der Waals surface area contributed by atoms with Crippen LogP contribution in [-0.4, -0.2) is 53.6 Å². The highest BCUT2D eigenvalue weighted by Gasteiger charge is 2.79. The van der Waals surface area contributed by atoms with Gasteiger partial charge in [0.05, 0.1) is 24.2 Å². The molecule has 3 fully saturated rings. The van der Waals surface area contributed by atoms with Crippen molar-refractivity contribution in [3.8, 4) is 11.5 Å². The number of carbonyl (C=O) groups is 2. The maximum atomic E-state index is 12.9. The molecule has 0 saturated heterocycles. The largest absolute Gasteiger partial charge is 0.493 e. The molecule has 1 aromatic carbocycles. The average Bonchev–Trinajstić information content (AvgIpc) is 3.30. The van der Waals surface area contributed by atoms with Gasteiger partial charge >= 0.3 is 0 Å². The lowest BCUT2D eigenvalue weighted by molar-refractivity contribution is -0.159. The molecule has 1 spiro atoms. The molecule has 6 nitrogen and oxygen atoms in total. The predicted molar refractivity (Wildman–Crippen MR) is 94.9 cm³/mol. The molecule has 1 heterocycles. The Morgan fingerprint density at radius 2 is 2.15 bits per heavy atom. The minimum atomic E-state index is -1.14. The zero-order chi connectivity index (χ0) is 18.7. The van der Waals surface area contributed by atoms with Crippen LogP contribution in [0, 0.1) is 5.92 Å². The summed E-state index contributed by atoms with van der Waals surface area (Å²) in [7, 11) is 3.42. The Bertz CT molecular complexity index is 908. The van der Waals surface area contributed by atoms with Crippen LogP contribution in [0.3, 0.4) is 0 Å². The number of fused-ring (bicyclic) bond motifs is 2. The summed E-state index contributed by atoms with van der Waals surface area (Å²) in [6, 6.07) is 3.60. The van der Waals surface area contributed by atoms with E-state index in [2.05, 4.69) is 0 Å².